The van der Waals surface area contributed by atoms with Crippen LogP contribution in [0, 0.1) is 13.8 Å². The molecule has 18 heavy (non-hydrogen) atoms. The van der Waals surface area contributed by atoms with E-state index in [4.69, 9.17) is 0 Å². The normalized spacial score (nSPS) is 10.3. The van der Waals surface area contributed by atoms with Crippen LogP contribution >= 0.6 is 0 Å². The zero-order valence-electron chi connectivity index (χ0n) is 10.8. The number of aryl methyl sites for hydroxylation is 2. The first kappa shape index (κ1) is 12.4. The molecule has 0 aliphatic rings. The van der Waals surface area contributed by atoms with Crippen molar-refractivity contribution in [2.24, 2.45) is 0 Å². The summed E-state index contributed by atoms with van der Waals surface area (Å²) in [6.07, 6.45) is 0.434. The Labute approximate surface area is 107 Å². The van der Waals surface area contributed by atoms with E-state index in [2.05, 4.69) is 16.4 Å². The van der Waals surface area contributed by atoms with E-state index >= 15 is 0 Å². The summed E-state index contributed by atoms with van der Waals surface area (Å²) in [5.74, 6) is 0.0550. The number of amides is 1. The van der Waals surface area contributed by atoms with Crippen molar-refractivity contribution in [2.45, 2.75) is 26.8 Å². The molecular formula is C15H18N2O. The van der Waals surface area contributed by atoms with E-state index in [9.17, 15) is 4.79 Å². The molecule has 1 aromatic heterocycles. The Bertz CT molecular complexity index is 529. The van der Waals surface area contributed by atoms with Crippen molar-refractivity contribution >= 4 is 5.91 Å². The first-order valence-electron chi connectivity index (χ1n) is 6.11. The van der Waals surface area contributed by atoms with E-state index in [-0.39, 0.29) is 5.91 Å². The number of aromatic amines is 1. The number of H-pyrrole nitrogens is 1. The van der Waals surface area contributed by atoms with Gasteiger partial charge >= 0.3 is 0 Å². The van der Waals surface area contributed by atoms with Gasteiger partial charge in [0.1, 0.15) is 0 Å². The standard InChI is InChI=1S/C15H18N2O/c1-11-8-14(12(2)17-11)10-16-15(18)9-13-6-4-3-5-7-13/h3-8,17H,9-10H2,1-2H3,(H,16,18). The molecular weight excluding hydrogens is 224 g/mol. The number of benzene rings is 1. The summed E-state index contributed by atoms with van der Waals surface area (Å²) in [6, 6.07) is 11.8. The van der Waals surface area contributed by atoms with Crippen molar-refractivity contribution in [3.05, 3.63) is 58.9 Å². The predicted octanol–water partition coefficient (Wildman–Crippen LogP) is 2.49. The highest BCUT2D eigenvalue weighted by atomic mass is 16.1. The van der Waals surface area contributed by atoms with Gasteiger partial charge in [-0.1, -0.05) is 30.3 Å². The van der Waals surface area contributed by atoms with Crippen LogP contribution in [0.3, 0.4) is 0 Å². The van der Waals surface area contributed by atoms with Gasteiger partial charge in [0, 0.05) is 17.9 Å². The number of hydrogen-bond acceptors (Lipinski definition) is 1. The van der Waals surface area contributed by atoms with Gasteiger partial charge in [0.2, 0.25) is 5.91 Å². The molecule has 0 aliphatic carbocycles. The van der Waals surface area contributed by atoms with Crippen molar-refractivity contribution < 1.29 is 4.79 Å². The summed E-state index contributed by atoms with van der Waals surface area (Å²) in [5, 5.41) is 2.94. The van der Waals surface area contributed by atoms with Gasteiger partial charge in [-0.05, 0) is 31.0 Å². The van der Waals surface area contributed by atoms with E-state index in [0.717, 1.165) is 22.5 Å². The topological polar surface area (TPSA) is 44.9 Å². The SMILES string of the molecule is Cc1cc(CNC(=O)Cc2ccccc2)c(C)[nH]1. The Balaban J connectivity index is 1.87. The number of aromatic nitrogens is 1. The zero-order valence-corrected chi connectivity index (χ0v) is 10.8. The Morgan fingerprint density at radius 2 is 1.94 bits per heavy atom. The molecule has 1 aromatic carbocycles. The van der Waals surface area contributed by atoms with E-state index < -0.39 is 0 Å². The van der Waals surface area contributed by atoms with Gasteiger partial charge in [-0.2, -0.15) is 0 Å². The summed E-state index contributed by atoms with van der Waals surface area (Å²) in [6.45, 7) is 4.62. The molecule has 3 nitrogen and oxygen atoms in total. The minimum Gasteiger partial charge on any atom is -0.362 e. The molecule has 2 rings (SSSR count). The Hall–Kier alpha value is -2.03. The van der Waals surface area contributed by atoms with Crippen LogP contribution in [0.1, 0.15) is 22.5 Å². The molecule has 2 aromatic rings. The smallest absolute Gasteiger partial charge is 0.224 e. The number of carbonyl (C=O) groups excluding carboxylic acids is 1. The summed E-state index contributed by atoms with van der Waals surface area (Å²) >= 11 is 0. The van der Waals surface area contributed by atoms with Crippen LogP contribution in [0.25, 0.3) is 0 Å². The Morgan fingerprint density at radius 3 is 2.56 bits per heavy atom. The van der Waals surface area contributed by atoms with Gasteiger partial charge in [0.25, 0.3) is 0 Å². The quantitative estimate of drug-likeness (QED) is 0.850. The number of hydrogen-bond donors (Lipinski definition) is 2. The molecule has 0 saturated heterocycles. The second-order valence-electron chi connectivity index (χ2n) is 4.54. The van der Waals surface area contributed by atoms with Gasteiger partial charge in [-0.3, -0.25) is 4.79 Å². The van der Waals surface area contributed by atoms with Crippen LogP contribution in [0.2, 0.25) is 0 Å². The van der Waals surface area contributed by atoms with Crippen molar-refractivity contribution in [3.8, 4) is 0 Å². The average Bonchev–Trinajstić information content (AvgIpc) is 2.66. The Morgan fingerprint density at radius 1 is 1.22 bits per heavy atom. The number of nitrogens with one attached hydrogen (secondary N) is 2. The number of carbonyl (C=O) groups is 1. The molecule has 3 heteroatoms. The van der Waals surface area contributed by atoms with Gasteiger partial charge < -0.3 is 10.3 Å². The van der Waals surface area contributed by atoms with Crippen LogP contribution in [-0.2, 0) is 17.8 Å². The van der Waals surface area contributed by atoms with Gasteiger partial charge in [-0.25, -0.2) is 0 Å². The summed E-state index contributed by atoms with van der Waals surface area (Å²) in [7, 11) is 0. The third-order valence-corrected chi connectivity index (χ3v) is 2.94. The van der Waals surface area contributed by atoms with Gasteiger partial charge in [-0.15, -0.1) is 0 Å². The van der Waals surface area contributed by atoms with E-state index in [1.165, 1.54) is 0 Å². The van der Waals surface area contributed by atoms with E-state index in [0.29, 0.717) is 13.0 Å². The van der Waals surface area contributed by atoms with Crippen LogP contribution in [0.5, 0.6) is 0 Å². The maximum absolute atomic E-state index is 11.8. The second kappa shape index (κ2) is 5.54. The minimum absolute atomic E-state index is 0.0550. The monoisotopic (exact) mass is 242 g/mol. The van der Waals surface area contributed by atoms with Crippen molar-refractivity contribution in [1.29, 1.82) is 0 Å². The first-order valence-corrected chi connectivity index (χ1v) is 6.11. The van der Waals surface area contributed by atoms with Crippen molar-refractivity contribution in [2.75, 3.05) is 0 Å². The van der Waals surface area contributed by atoms with E-state index in [1.54, 1.807) is 0 Å². The molecule has 0 saturated carbocycles. The average molecular weight is 242 g/mol. The fourth-order valence-corrected chi connectivity index (χ4v) is 2.00. The molecule has 0 unspecified atom stereocenters. The highest BCUT2D eigenvalue weighted by Gasteiger charge is 2.05. The summed E-state index contributed by atoms with van der Waals surface area (Å²) < 4.78 is 0. The van der Waals surface area contributed by atoms with Gasteiger partial charge in [0.15, 0.2) is 0 Å². The van der Waals surface area contributed by atoms with Crippen molar-refractivity contribution in [1.82, 2.24) is 10.3 Å². The summed E-state index contributed by atoms with van der Waals surface area (Å²) in [4.78, 5) is 15.0. The molecule has 1 amide bonds. The second-order valence-corrected chi connectivity index (χ2v) is 4.54. The van der Waals surface area contributed by atoms with Crippen LogP contribution < -0.4 is 5.32 Å². The zero-order chi connectivity index (χ0) is 13.0. The molecule has 1 heterocycles. The lowest BCUT2D eigenvalue weighted by Crippen LogP contribution is -2.24. The molecule has 0 bridgehead atoms. The van der Waals surface area contributed by atoms with Crippen molar-refractivity contribution in [3.63, 3.8) is 0 Å². The van der Waals surface area contributed by atoms with E-state index in [1.807, 2.05) is 44.2 Å². The lowest BCUT2D eigenvalue weighted by Gasteiger charge is -2.05. The van der Waals surface area contributed by atoms with Crippen LogP contribution in [-0.4, -0.2) is 10.9 Å². The largest absolute Gasteiger partial charge is 0.362 e. The molecule has 94 valence electrons. The Kier molecular flexibility index (Phi) is 3.82. The molecule has 2 N–H and O–H groups in total. The fraction of sp³-hybridized carbons (Fsp3) is 0.267. The summed E-state index contributed by atoms with van der Waals surface area (Å²) in [5.41, 5.74) is 4.43. The molecule has 0 aliphatic heterocycles. The lowest BCUT2D eigenvalue weighted by atomic mass is 10.1. The highest BCUT2D eigenvalue weighted by Crippen LogP contribution is 2.08. The first-order chi connectivity index (χ1) is 8.65. The van der Waals surface area contributed by atoms with Crippen LogP contribution in [0.15, 0.2) is 36.4 Å². The maximum Gasteiger partial charge on any atom is 0.224 e. The molecule has 0 radical (unpaired) electrons. The van der Waals surface area contributed by atoms with Crippen LogP contribution in [0.4, 0.5) is 0 Å². The highest BCUT2D eigenvalue weighted by molar-refractivity contribution is 5.78. The molecule has 0 fully saturated rings. The minimum atomic E-state index is 0.0550. The number of rotatable bonds is 4. The maximum atomic E-state index is 11.8. The van der Waals surface area contributed by atoms with Gasteiger partial charge in [0.05, 0.1) is 6.42 Å². The third-order valence-electron chi connectivity index (χ3n) is 2.94. The lowest BCUT2D eigenvalue weighted by molar-refractivity contribution is -0.120. The predicted molar refractivity (Wildman–Crippen MR) is 72.3 cm³/mol. The fourth-order valence-electron chi connectivity index (χ4n) is 2.00. The third kappa shape index (κ3) is 3.23. The molecule has 0 atom stereocenters. The molecule has 0 spiro atoms.